The van der Waals surface area contributed by atoms with Crippen molar-refractivity contribution in [1.29, 1.82) is 0 Å². The predicted octanol–water partition coefficient (Wildman–Crippen LogP) is 3.07. The molecule has 0 aliphatic heterocycles. The Morgan fingerprint density at radius 3 is 2.46 bits per heavy atom. The minimum Gasteiger partial charge on any atom is -0.351 e. The summed E-state index contributed by atoms with van der Waals surface area (Å²) in [6.45, 7) is 1.26. The number of nitrogens with zero attached hydrogens (tertiary/aromatic N) is 3. The fourth-order valence-electron chi connectivity index (χ4n) is 2.17. The second-order valence-electron chi connectivity index (χ2n) is 5.11. The number of hydrogen-bond donors (Lipinski definition) is 2. The van der Waals surface area contributed by atoms with Crippen molar-refractivity contribution in [3.05, 3.63) is 71.5 Å². The molecule has 0 saturated carbocycles. The van der Waals surface area contributed by atoms with E-state index in [4.69, 9.17) is 0 Å². The van der Waals surface area contributed by atoms with Gasteiger partial charge in [-0.05, 0) is 12.1 Å². The molecule has 5 nitrogen and oxygen atoms in total. The molecule has 122 valence electrons. The van der Waals surface area contributed by atoms with Crippen LogP contribution in [0.25, 0.3) is 10.6 Å². The quantitative estimate of drug-likeness (QED) is 0.555. The highest BCUT2D eigenvalue weighted by Crippen LogP contribution is 2.23. The molecule has 6 heteroatoms. The van der Waals surface area contributed by atoms with Crippen LogP contribution in [-0.2, 0) is 13.1 Å². The summed E-state index contributed by atoms with van der Waals surface area (Å²) in [5.74, 6) is 0.731. The monoisotopic (exact) mass is 337 g/mol. The molecule has 0 saturated heterocycles. The van der Waals surface area contributed by atoms with E-state index in [2.05, 4.69) is 43.1 Å². The molecule has 1 aromatic carbocycles. The van der Waals surface area contributed by atoms with E-state index in [0.717, 1.165) is 27.9 Å². The summed E-state index contributed by atoms with van der Waals surface area (Å²) in [6, 6.07) is 16.1. The van der Waals surface area contributed by atoms with Gasteiger partial charge in [0.25, 0.3) is 0 Å². The van der Waals surface area contributed by atoms with Crippen LogP contribution in [0.3, 0.4) is 0 Å². The van der Waals surface area contributed by atoms with E-state index in [-0.39, 0.29) is 0 Å². The largest absolute Gasteiger partial charge is 0.351 e. The van der Waals surface area contributed by atoms with Gasteiger partial charge in [-0.1, -0.05) is 36.4 Å². The van der Waals surface area contributed by atoms with Gasteiger partial charge in [-0.15, -0.1) is 11.3 Å². The Kier molecular flexibility index (Phi) is 5.52. The third-order valence-electron chi connectivity index (χ3n) is 3.40. The Morgan fingerprint density at radius 2 is 1.75 bits per heavy atom. The van der Waals surface area contributed by atoms with Gasteiger partial charge in [0, 0.05) is 24.2 Å². The van der Waals surface area contributed by atoms with Crippen molar-refractivity contribution >= 4 is 17.3 Å². The van der Waals surface area contributed by atoms with Crippen molar-refractivity contribution in [2.75, 3.05) is 7.05 Å². The average molecular weight is 337 g/mol. The second-order valence-corrected chi connectivity index (χ2v) is 5.97. The van der Waals surface area contributed by atoms with Gasteiger partial charge in [0.2, 0.25) is 0 Å². The highest BCUT2D eigenvalue weighted by atomic mass is 32.1. The third kappa shape index (κ3) is 4.39. The lowest BCUT2D eigenvalue weighted by atomic mass is 10.2. The SMILES string of the molecule is CN=C(NCc1ccccn1)NCc1csc(-c2ccccc2)n1. The van der Waals surface area contributed by atoms with E-state index in [1.54, 1.807) is 24.6 Å². The molecule has 3 aromatic rings. The average Bonchev–Trinajstić information content (AvgIpc) is 3.12. The minimum absolute atomic E-state index is 0.630. The van der Waals surface area contributed by atoms with Gasteiger partial charge >= 0.3 is 0 Å². The molecule has 2 heterocycles. The van der Waals surface area contributed by atoms with Crippen LogP contribution in [0.5, 0.6) is 0 Å². The van der Waals surface area contributed by atoms with Gasteiger partial charge in [-0.2, -0.15) is 0 Å². The summed E-state index contributed by atoms with van der Waals surface area (Å²) in [4.78, 5) is 13.2. The zero-order valence-corrected chi connectivity index (χ0v) is 14.3. The molecule has 24 heavy (non-hydrogen) atoms. The number of hydrogen-bond acceptors (Lipinski definition) is 4. The van der Waals surface area contributed by atoms with Crippen LogP contribution in [-0.4, -0.2) is 23.0 Å². The third-order valence-corrected chi connectivity index (χ3v) is 4.34. The molecule has 0 unspecified atom stereocenters. The Bertz CT molecular complexity index is 783. The smallest absolute Gasteiger partial charge is 0.191 e. The van der Waals surface area contributed by atoms with Crippen LogP contribution in [0.2, 0.25) is 0 Å². The molecule has 0 aliphatic carbocycles. The Balaban J connectivity index is 1.54. The first-order valence-electron chi connectivity index (χ1n) is 7.69. The van der Waals surface area contributed by atoms with Crippen molar-refractivity contribution < 1.29 is 0 Å². The van der Waals surface area contributed by atoms with Gasteiger partial charge in [0.1, 0.15) is 5.01 Å². The van der Waals surface area contributed by atoms with Crippen LogP contribution >= 0.6 is 11.3 Å². The molecule has 0 aliphatic rings. The first-order chi connectivity index (χ1) is 11.8. The van der Waals surface area contributed by atoms with Gasteiger partial charge in [0.15, 0.2) is 5.96 Å². The maximum absolute atomic E-state index is 4.67. The molecule has 0 spiro atoms. The maximum atomic E-state index is 4.67. The number of benzene rings is 1. The van der Waals surface area contributed by atoms with E-state index in [1.807, 2.05) is 36.4 Å². The van der Waals surface area contributed by atoms with E-state index in [0.29, 0.717) is 13.1 Å². The molecule has 3 rings (SSSR count). The fraction of sp³-hybridized carbons (Fsp3) is 0.167. The molecule has 0 radical (unpaired) electrons. The first-order valence-corrected chi connectivity index (χ1v) is 8.57. The van der Waals surface area contributed by atoms with E-state index >= 15 is 0 Å². The second kappa shape index (κ2) is 8.21. The number of guanidine groups is 1. The van der Waals surface area contributed by atoms with Crippen LogP contribution in [0, 0.1) is 0 Å². The van der Waals surface area contributed by atoms with Crippen LogP contribution in [0.1, 0.15) is 11.4 Å². The molecule has 0 fully saturated rings. The summed E-state index contributed by atoms with van der Waals surface area (Å²) >= 11 is 1.65. The molecular weight excluding hydrogens is 318 g/mol. The lowest BCUT2D eigenvalue weighted by Crippen LogP contribution is -2.36. The molecule has 2 aromatic heterocycles. The highest BCUT2D eigenvalue weighted by Gasteiger charge is 2.05. The summed E-state index contributed by atoms with van der Waals surface area (Å²) < 4.78 is 0. The van der Waals surface area contributed by atoms with Crippen molar-refractivity contribution in [2.45, 2.75) is 13.1 Å². The Labute approximate surface area is 145 Å². The Hall–Kier alpha value is -2.73. The minimum atomic E-state index is 0.630. The lowest BCUT2D eigenvalue weighted by molar-refractivity contribution is 0.786. The molecule has 2 N–H and O–H groups in total. The predicted molar refractivity (Wildman–Crippen MR) is 98.8 cm³/mol. The number of thiazole rings is 1. The van der Waals surface area contributed by atoms with E-state index in [9.17, 15) is 0 Å². The van der Waals surface area contributed by atoms with Gasteiger partial charge in [-0.3, -0.25) is 9.98 Å². The van der Waals surface area contributed by atoms with Crippen LogP contribution in [0.15, 0.2) is 65.1 Å². The number of rotatable bonds is 5. The first kappa shape index (κ1) is 16.1. The van der Waals surface area contributed by atoms with E-state index in [1.165, 1.54) is 0 Å². The Morgan fingerprint density at radius 1 is 1.00 bits per heavy atom. The summed E-state index contributed by atoms with van der Waals surface area (Å²) in [5, 5.41) is 9.62. The van der Waals surface area contributed by atoms with Crippen LogP contribution < -0.4 is 10.6 Å². The number of aromatic nitrogens is 2. The van der Waals surface area contributed by atoms with E-state index < -0.39 is 0 Å². The van der Waals surface area contributed by atoms with Gasteiger partial charge in [0.05, 0.1) is 24.5 Å². The van der Waals surface area contributed by atoms with Crippen molar-refractivity contribution in [1.82, 2.24) is 20.6 Å². The number of pyridine rings is 1. The maximum Gasteiger partial charge on any atom is 0.191 e. The zero-order chi connectivity index (χ0) is 16.6. The van der Waals surface area contributed by atoms with Crippen molar-refractivity contribution in [2.24, 2.45) is 4.99 Å². The fourth-order valence-corrected chi connectivity index (χ4v) is 3.00. The summed E-state index contributed by atoms with van der Waals surface area (Å²) in [6.07, 6.45) is 1.79. The van der Waals surface area contributed by atoms with Crippen molar-refractivity contribution in [3.8, 4) is 10.6 Å². The highest BCUT2D eigenvalue weighted by molar-refractivity contribution is 7.13. The molecule has 0 amide bonds. The lowest BCUT2D eigenvalue weighted by Gasteiger charge is -2.10. The number of nitrogens with one attached hydrogen (secondary N) is 2. The standard InChI is InChI=1S/C18H19N5S/c1-19-18(21-11-15-9-5-6-10-20-15)22-12-16-13-24-17(23-16)14-7-3-2-4-8-14/h2-10,13H,11-12H2,1H3,(H2,19,21,22). The number of aliphatic imine (C=N–C) groups is 1. The summed E-state index contributed by atoms with van der Waals surface area (Å²) in [7, 11) is 1.75. The zero-order valence-electron chi connectivity index (χ0n) is 13.4. The van der Waals surface area contributed by atoms with Crippen molar-refractivity contribution in [3.63, 3.8) is 0 Å². The molecule has 0 bridgehead atoms. The molecule has 0 atom stereocenters. The van der Waals surface area contributed by atoms with Gasteiger partial charge < -0.3 is 10.6 Å². The molecular formula is C18H19N5S. The summed E-state index contributed by atoms with van der Waals surface area (Å²) in [5.41, 5.74) is 3.12. The van der Waals surface area contributed by atoms with Crippen LogP contribution in [0.4, 0.5) is 0 Å². The van der Waals surface area contributed by atoms with Gasteiger partial charge in [-0.25, -0.2) is 4.98 Å². The normalized spacial score (nSPS) is 11.3. The topological polar surface area (TPSA) is 62.2 Å².